The van der Waals surface area contributed by atoms with Gasteiger partial charge < -0.3 is 21.3 Å². The maximum atomic E-state index is 11.2. The van der Waals surface area contributed by atoms with Gasteiger partial charge in [-0.3, -0.25) is 0 Å². The van der Waals surface area contributed by atoms with Gasteiger partial charge in [-0.05, 0) is 25.1 Å². The molecule has 0 saturated heterocycles. The Kier molecular flexibility index (Phi) is 4.17. The van der Waals surface area contributed by atoms with Crippen LogP contribution in [0.1, 0.15) is 6.92 Å². The molecule has 1 aromatic rings. The smallest absolute Gasteiger partial charge is 0.240 e. The first-order valence-corrected chi connectivity index (χ1v) is 6.69. The summed E-state index contributed by atoms with van der Waals surface area (Å²) in [5, 5.41) is 26.1. The van der Waals surface area contributed by atoms with Crippen molar-refractivity contribution in [2.75, 3.05) is 24.3 Å². The fraction of sp³-hybridized carbons (Fsp3) is 0.400. The van der Waals surface area contributed by atoms with Crippen molar-refractivity contribution < 1.29 is 18.6 Å². The van der Waals surface area contributed by atoms with E-state index in [1.165, 1.54) is 18.2 Å². The number of nitrogens with two attached hydrogens (primary N) is 2. The lowest BCUT2D eigenvalue weighted by molar-refractivity contribution is 0.147. The van der Waals surface area contributed by atoms with E-state index in [0.717, 1.165) is 0 Å². The molecule has 0 unspecified atom stereocenters. The van der Waals surface area contributed by atoms with Gasteiger partial charge in [0.05, 0.1) is 24.4 Å². The van der Waals surface area contributed by atoms with Gasteiger partial charge in [0, 0.05) is 5.69 Å². The minimum absolute atomic E-state index is 0.000676. The first-order valence-electron chi connectivity index (χ1n) is 5.14. The zero-order chi connectivity index (χ0) is 14.0. The molecule has 0 aromatic heterocycles. The molecule has 1 rings (SSSR count). The number of nitrogens with one attached hydrogen (secondary N) is 1. The number of hydrogen-bond donors (Lipinski definition) is 5. The van der Waals surface area contributed by atoms with E-state index in [1.807, 2.05) is 0 Å². The van der Waals surface area contributed by atoms with Crippen LogP contribution in [0.2, 0.25) is 0 Å². The molecule has 0 amide bonds. The third-order valence-electron chi connectivity index (χ3n) is 2.46. The first kappa shape index (κ1) is 14.7. The maximum absolute atomic E-state index is 11.2. The second kappa shape index (κ2) is 5.11. The van der Waals surface area contributed by atoms with Crippen molar-refractivity contribution in [2.24, 2.45) is 5.14 Å². The molecule has 0 aliphatic carbocycles. The van der Waals surface area contributed by atoms with E-state index >= 15 is 0 Å². The topological polar surface area (TPSA) is 139 Å². The molecule has 0 radical (unpaired) electrons. The Morgan fingerprint density at radius 3 is 2.28 bits per heavy atom. The maximum Gasteiger partial charge on any atom is 0.240 e. The second-order valence-electron chi connectivity index (χ2n) is 4.30. The molecule has 7 N–H and O–H groups in total. The van der Waals surface area contributed by atoms with E-state index < -0.39 is 15.6 Å². The number of nitrogen functional groups attached to an aromatic ring is 1. The highest BCUT2D eigenvalue weighted by Crippen LogP contribution is 2.23. The van der Waals surface area contributed by atoms with Crippen LogP contribution < -0.4 is 16.2 Å². The van der Waals surface area contributed by atoms with Gasteiger partial charge in [0.2, 0.25) is 10.0 Å². The third kappa shape index (κ3) is 3.33. The van der Waals surface area contributed by atoms with Crippen molar-refractivity contribution in [1.29, 1.82) is 0 Å². The summed E-state index contributed by atoms with van der Waals surface area (Å²) in [6.07, 6.45) is 0. The Morgan fingerprint density at radius 1 is 1.33 bits per heavy atom. The van der Waals surface area contributed by atoms with Crippen molar-refractivity contribution in [3.05, 3.63) is 18.2 Å². The average Bonchev–Trinajstić information content (AvgIpc) is 2.27. The van der Waals surface area contributed by atoms with Gasteiger partial charge >= 0.3 is 0 Å². The zero-order valence-corrected chi connectivity index (χ0v) is 10.7. The highest BCUT2D eigenvalue weighted by Gasteiger charge is 2.22. The van der Waals surface area contributed by atoms with Crippen molar-refractivity contribution in [3.8, 4) is 0 Å². The molecule has 8 heteroatoms. The number of primary sulfonamides is 1. The molecule has 0 aliphatic heterocycles. The molecule has 0 heterocycles. The standard InChI is InChI=1S/C10H17N3O4S/c1-10(5-14,6-15)13-7-2-3-9(8(11)4-7)18(12,16)17/h2-4,13-15H,5-6,11H2,1H3,(H2,12,16,17). The van der Waals surface area contributed by atoms with Crippen molar-refractivity contribution >= 4 is 21.4 Å². The first-order chi connectivity index (χ1) is 8.22. The number of sulfonamides is 1. The van der Waals surface area contributed by atoms with Gasteiger partial charge in [-0.2, -0.15) is 0 Å². The van der Waals surface area contributed by atoms with Crippen LogP contribution in [-0.4, -0.2) is 37.4 Å². The van der Waals surface area contributed by atoms with Crippen LogP contribution in [0.3, 0.4) is 0 Å². The Balaban J connectivity index is 3.06. The van der Waals surface area contributed by atoms with Gasteiger partial charge in [0.1, 0.15) is 4.90 Å². The monoisotopic (exact) mass is 275 g/mol. The summed E-state index contributed by atoms with van der Waals surface area (Å²) in [6.45, 7) is 1.03. The molecule has 0 saturated carbocycles. The minimum Gasteiger partial charge on any atom is -0.398 e. The molecule has 102 valence electrons. The van der Waals surface area contributed by atoms with E-state index in [2.05, 4.69) is 5.32 Å². The predicted molar refractivity (Wildman–Crippen MR) is 68.4 cm³/mol. The molecule has 0 bridgehead atoms. The largest absolute Gasteiger partial charge is 0.398 e. The highest BCUT2D eigenvalue weighted by atomic mass is 32.2. The lowest BCUT2D eigenvalue weighted by Gasteiger charge is -2.27. The van der Waals surface area contributed by atoms with E-state index in [9.17, 15) is 8.42 Å². The quantitative estimate of drug-likeness (QED) is 0.440. The summed E-state index contributed by atoms with van der Waals surface area (Å²) in [6, 6.07) is 4.10. The predicted octanol–water partition coefficient (Wildman–Crippen LogP) is -0.929. The number of anilines is 2. The van der Waals surface area contributed by atoms with Crippen LogP contribution in [0, 0.1) is 0 Å². The van der Waals surface area contributed by atoms with Crippen molar-refractivity contribution in [3.63, 3.8) is 0 Å². The normalized spacial score (nSPS) is 12.4. The number of aliphatic hydroxyl groups excluding tert-OH is 2. The molecule has 1 aromatic carbocycles. The van der Waals surface area contributed by atoms with Crippen LogP contribution >= 0.6 is 0 Å². The molecule has 0 aliphatic rings. The molecule has 0 spiro atoms. The Morgan fingerprint density at radius 2 is 1.89 bits per heavy atom. The molecule has 0 fully saturated rings. The van der Waals surface area contributed by atoms with Crippen molar-refractivity contribution in [1.82, 2.24) is 0 Å². The van der Waals surface area contributed by atoms with Gasteiger partial charge in [0.15, 0.2) is 0 Å². The number of aliphatic hydroxyl groups is 2. The van der Waals surface area contributed by atoms with Gasteiger partial charge in [-0.1, -0.05) is 0 Å². The van der Waals surface area contributed by atoms with Gasteiger partial charge in [-0.25, -0.2) is 13.6 Å². The Labute approximate surface area is 105 Å². The molecular weight excluding hydrogens is 258 g/mol. The zero-order valence-electron chi connectivity index (χ0n) is 9.92. The van der Waals surface area contributed by atoms with E-state index in [4.69, 9.17) is 21.1 Å². The number of rotatable bonds is 5. The second-order valence-corrected chi connectivity index (χ2v) is 5.83. The minimum atomic E-state index is -3.86. The lowest BCUT2D eigenvalue weighted by Crippen LogP contribution is -2.42. The number of hydrogen-bond acceptors (Lipinski definition) is 6. The third-order valence-corrected chi connectivity index (χ3v) is 3.45. The van der Waals surface area contributed by atoms with E-state index in [1.54, 1.807) is 6.92 Å². The van der Waals surface area contributed by atoms with Gasteiger partial charge in [-0.15, -0.1) is 0 Å². The summed E-state index contributed by atoms with van der Waals surface area (Å²) in [5.74, 6) is 0. The molecular formula is C10H17N3O4S. The van der Waals surface area contributed by atoms with Crippen LogP contribution in [-0.2, 0) is 10.0 Å². The highest BCUT2D eigenvalue weighted by molar-refractivity contribution is 7.89. The van der Waals surface area contributed by atoms with Crippen LogP contribution in [0.15, 0.2) is 23.1 Å². The van der Waals surface area contributed by atoms with Crippen LogP contribution in [0.25, 0.3) is 0 Å². The average molecular weight is 275 g/mol. The number of benzene rings is 1. The SMILES string of the molecule is CC(CO)(CO)Nc1ccc(S(N)(=O)=O)c(N)c1. The summed E-state index contributed by atoms with van der Waals surface area (Å²) in [4.78, 5) is -0.164. The Bertz CT molecular complexity index is 526. The fourth-order valence-corrected chi connectivity index (χ4v) is 2.01. The Hall–Kier alpha value is -1.35. The van der Waals surface area contributed by atoms with Crippen molar-refractivity contribution in [2.45, 2.75) is 17.4 Å². The van der Waals surface area contributed by atoms with Gasteiger partial charge in [0.25, 0.3) is 0 Å². The van der Waals surface area contributed by atoms with Crippen LogP contribution in [0.4, 0.5) is 11.4 Å². The summed E-state index contributed by atoms with van der Waals surface area (Å²) in [7, 11) is -3.86. The molecule has 0 atom stereocenters. The van der Waals surface area contributed by atoms with E-state index in [0.29, 0.717) is 5.69 Å². The van der Waals surface area contributed by atoms with E-state index in [-0.39, 0.29) is 23.8 Å². The fourth-order valence-electron chi connectivity index (χ4n) is 1.36. The summed E-state index contributed by atoms with van der Waals surface area (Å²) >= 11 is 0. The summed E-state index contributed by atoms with van der Waals surface area (Å²) in [5.41, 5.74) is 5.14. The molecule has 18 heavy (non-hydrogen) atoms. The molecule has 7 nitrogen and oxygen atoms in total. The van der Waals surface area contributed by atoms with Crippen LogP contribution in [0.5, 0.6) is 0 Å². The summed E-state index contributed by atoms with van der Waals surface area (Å²) < 4.78 is 22.3. The lowest BCUT2D eigenvalue weighted by atomic mass is 10.0.